The number of nitrogens with zero attached hydrogens (tertiary/aromatic N) is 4. The lowest BCUT2D eigenvalue weighted by molar-refractivity contribution is 0.670. The molecule has 57 heavy (non-hydrogen) atoms. The number of hydrogen-bond acceptors (Lipinski definition) is 5. The summed E-state index contributed by atoms with van der Waals surface area (Å²) in [4.78, 5) is 15.5. The number of aromatic nitrogens is 4. The van der Waals surface area contributed by atoms with E-state index in [0.717, 1.165) is 54.1 Å². The average Bonchev–Trinajstić information content (AvgIpc) is 4.00. The molecule has 5 nitrogen and oxygen atoms in total. The van der Waals surface area contributed by atoms with E-state index >= 15 is 0 Å². The molecule has 0 fully saturated rings. The van der Waals surface area contributed by atoms with E-state index in [1.54, 1.807) is 15.9 Å². The summed E-state index contributed by atoms with van der Waals surface area (Å²) < 4.78 is 64.5. The van der Waals surface area contributed by atoms with Crippen molar-refractivity contribution in [1.29, 1.82) is 0 Å². The summed E-state index contributed by atoms with van der Waals surface area (Å²) in [6.45, 7) is 0. The van der Waals surface area contributed by atoms with Crippen molar-refractivity contribution in [3.63, 3.8) is 0 Å². The lowest BCUT2D eigenvalue weighted by Gasteiger charge is -2.16. The van der Waals surface area contributed by atoms with Crippen molar-refractivity contribution >= 4 is 75.3 Å². The molecule has 4 aromatic heterocycles. The number of hydrogen-bond donors (Lipinski definition) is 0. The minimum atomic E-state index is -0.192. The van der Waals surface area contributed by atoms with Gasteiger partial charge in [0.15, 0.2) is 17.5 Å². The summed E-state index contributed by atoms with van der Waals surface area (Å²) in [7, 11) is 0. The number of rotatable bonds is 5. The van der Waals surface area contributed by atoms with Crippen molar-refractivity contribution in [2.75, 3.05) is 0 Å². The first-order valence-electron chi connectivity index (χ1n) is 21.5. The van der Waals surface area contributed by atoms with Crippen LogP contribution in [0.2, 0.25) is 0 Å². The highest BCUT2D eigenvalue weighted by molar-refractivity contribution is 7.25. The van der Waals surface area contributed by atoms with Gasteiger partial charge in [-0.2, -0.15) is 0 Å². The number of furan rings is 1. The first kappa shape index (κ1) is 26.4. The highest BCUT2D eigenvalue weighted by Gasteiger charge is 2.22. The van der Waals surface area contributed by atoms with Crippen LogP contribution in [0.3, 0.4) is 0 Å². The molecule has 0 radical (unpaired) electrons. The molecule has 0 saturated heterocycles. The Morgan fingerprint density at radius 2 is 1.12 bits per heavy atom. The van der Waals surface area contributed by atoms with Crippen molar-refractivity contribution in [1.82, 2.24) is 19.5 Å². The van der Waals surface area contributed by atoms with E-state index in [0.29, 0.717) is 34.3 Å². The van der Waals surface area contributed by atoms with E-state index < -0.39 is 0 Å². The molecule has 4 heterocycles. The molecule has 0 atom stereocenters. The van der Waals surface area contributed by atoms with Gasteiger partial charge in [-0.15, -0.1) is 11.3 Å². The molecule has 0 bridgehead atoms. The van der Waals surface area contributed by atoms with Crippen molar-refractivity contribution in [3.8, 4) is 51.0 Å². The highest BCUT2D eigenvalue weighted by atomic mass is 32.1. The Morgan fingerprint density at radius 1 is 0.456 bits per heavy atom. The Hall–Kier alpha value is -7.41. The number of para-hydroxylation sites is 4. The quantitative estimate of drug-likeness (QED) is 0.176. The molecule has 8 aromatic carbocycles. The zero-order valence-corrected chi connectivity index (χ0v) is 30.8. The van der Waals surface area contributed by atoms with Gasteiger partial charge in [-0.3, -0.25) is 0 Å². The van der Waals surface area contributed by atoms with Crippen LogP contribution in [0.1, 0.15) is 8.22 Å². The fraction of sp³-hybridized carbons (Fsp3) is 0. The van der Waals surface area contributed by atoms with Gasteiger partial charge in [-0.05, 0) is 60.1 Å². The van der Waals surface area contributed by atoms with Crippen LogP contribution in [0.25, 0.3) is 115 Å². The minimum Gasteiger partial charge on any atom is -0.455 e. The van der Waals surface area contributed by atoms with Gasteiger partial charge in [-0.1, -0.05) is 127 Å². The molecule has 266 valence electrons. The maximum absolute atomic E-state index is 9.27. The van der Waals surface area contributed by atoms with E-state index in [1.165, 1.54) is 16.8 Å². The molecule has 6 heteroatoms. The highest BCUT2D eigenvalue weighted by Crippen LogP contribution is 2.42. The molecule has 0 spiro atoms. The zero-order chi connectivity index (χ0) is 42.7. The van der Waals surface area contributed by atoms with Crippen LogP contribution in [0.5, 0.6) is 0 Å². The maximum atomic E-state index is 9.27. The Labute approximate surface area is 339 Å². The van der Waals surface area contributed by atoms with Crippen LogP contribution in [-0.2, 0) is 0 Å². The van der Waals surface area contributed by atoms with Crippen LogP contribution in [0, 0.1) is 0 Å². The second-order valence-corrected chi connectivity index (χ2v) is 15.0. The van der Waals surface area contributed by atoms with Gasteiger partial charge >= 0.3 is 0 Å². The molecule has 0 aliphatic heterocycles. The fourth-order valence-corrected chi connectivity index (χ4v) is 9.10. The van der Waals surface area contributed by atoms with Crippen molar-refractivity contribution in [2.45, 2.75) is 0 Å². The second kappa shape index (κ2) is 12.6. The Bertz CT molecular complexity index is 3830. The molecule has 0 amide bonds. The van der Waals surface area contributed by atoms with Gasteiger partial charge in [0, 0.05) is 64.0 Å². The minimum absolute atomic E-state index is 0.0628. The SMILES string of the molecule is [2H]c1cc([2H])c2c(c1[2H])c1c([2H])c([2H])cc([2H])c1n2-c1ccc(-c2cccc3c2oc2ccccc23)cc1-c1nc(-c2ccccc2)nc(-c2ccc3sc4ccccc4c3c2)n1. The summed E-state index contributed by atoms with van der Waals surface area (Å²) in [5, 5.41) is 4.51. The van der Waals surface area contributed by atoms with E-state index in [4.69, 9.17) is 24.9 Å². The summed E-state index contributed by atoms with van der Waals surface area (Å²) in [5.41, 5.74) is 6.11. The Kier molecular flexibility index (Phi) is 5.82. The van der Waals surface area contributed by atoms with Crippen molar-refractivity contribution in [2.24, 2.45) is 0 Å². The van der Waals surface area contributed by atoms with Crippen LogP contribution >= 0.6 is 11.3 Å². The first-order chi connectivity index (χ1) is 30.7. The summed E-state index contributed by atoms with van der Waals surface area (Å²) in [6.07, 6.45) is 0. The number of fused-ring (bicyclic) bond motifs is 9. The molecule has 0 aliphatic rings. The van der Waals surface area contributed by atoms with Gasteiger partial charge in [0.2, 0.25) is 0 Å². The largest absolute Gasteiger partial charge is 0.455 e. The normalized spacial score (nSPS) is 13.3. The molecular weight excluding hydrogens is 717 g/mol. The van der Waals surface area contributed by atoms with Crippen LogP contribution in [0.15, 0.2) is 186 Å². The van der Waals surface area contributed by atoms with Gasteiger partial charge in [0.1, 0.15) is 11.2 Å². The molecule has 12 aromatic rings. The van der Waals surface area contributed by atoms with E-state index in [1.807, 2.05) is 109 Å². The van der Waals surface area contributed by atoms with E-state index in [9.17, 15) is 2.74 Å². The first-order valence-corrected chi connectivity index (χ1v) is 19.3. The van der Waals surface area contributed by atoms with Gasteiger partial charge in [0.25, 0.3) is 0 Å². The number of thiophene rings is 1. The monoisotopic (exact) mass is 752 g/mol. The summed E-state index contributed by atoms with van der Waals surface area (Å²) >= 11 is 1.73. The molecule has 0 saturated carbocycles. The third-order valence-electron chi connectivity index (χ3n) is 10.6. The molecule has 0 unspecified atom stereocenters. The predicted molar refractivity (Wildman–Crippen MR) is 236 cm³/mol. The van der Waals surface area contributed by atoms with E-state index in [-0.39, 0.29) is 58.1 Å². The van der Waals surface area contributed by atoms with Crippen LogP contribution < -0.4 is 0 Å². The van der Waals surface area contributed by atoms with Crippen LogP contribution in [0.4, 0.5) is 0 Å². The summed E-state index contributed by atoms with van der Waals surface area (Å²) in [6, 6.07) is 45.8. The van der Waals surface area contributed by atoms with Gasteiger partial charge in [0.05, 0.1) is 24.9 Å². The molecule has 12 rings (SSSR count). The smallest absolute Gasteiger partial charge is 0.166 e. The number of benzene rings is 8. The third kappa shape index (κ3) is 5.04. The van der Waals surface area contributed by atoms with Crippen molar-refractivity contribution < 1.29 is 12.6 Å². The Morgan fingerprint density at radius 3 is 1.95 bits per heavy atom. The van der Waals surface area contributed by atoms with Crippen molar-refractivity contribution in [3.05, 3.63) is 182 Å². The molecule has 0 aliphatic carbocycles. The second-order valence-electron chi connectivity index (χ2n) is 13.9. The Balaban J connectivity index is 1.20. The molecule has 0 N–H and O–H groups in total. The lowest BCUT2D eigenvalue weighted by Crippen LogP contribution is -2.04. The average molecular weight is 753 g/mol. The van der Waals surface area contributed by atoms with Crippen LogP contribution in [-0.4, -0.2) is 19.5 Å². The third-order valence-corrected chi connectivity index (χ3v) is 11.8. The predicted octanol–water partition coefficient (Wildman–Crippen LogP) is 13.9. The lowest BCUT2D eigenvalue weighted by atomic mass is 9.98. The molecular formula is C51H30N4OS. The van der Waals surface area contributed by atoms with Gasteiger partial charge < -0.3 is 8.98 Å². The topological polar surface area (TPSA) is 56.7 Å². The van der Waals surface area contributed by atoms with E-state index in [2.05, 4.69) is 24.3 Å². The maximum Gasteiger partial charge on any atom is 0.166 e. The summed E-state index contributed by atoms with van der Waals surface area (Å²) in [5.74, 6) is 1.18. The standard InChI is InChI=1S/C51H30N4OS/c1-2-13-31(14-3-1)49-52-50(33-26-28-47-40(30-33)38-18-7-11-24-46(38)57-47)54-51(53-49)41-29-32(34-19-12-20-39-37-17-6-10-23-45(37)56-48(34)39)25-27-44(41)55-42-21-8-4-15-35(42)36-16-5-9-22-43(36)55/h1-30H/i4D,5D,15D,16D,21D,22D. The zero-order valence-electron chi connectivity index (χ0n) is 36.0. The fourth-order valence-electron chi connectivity index (χ4n) is 8.01. The van der Waals surface area contributed by atoms with Gasteiger partial charge in [-0.25, -0.2) is 15.0 Å².